The molecule has 8 nitrogen and oxygen atoms in total. The highest BCUT2D eigenvalue weighted by Crippen LogP contribution is 2.28. The van der Waals surface area contributed by atoms with Gasteiger partial charge in [-0.1, -0.05) is 30.3 Å². The van der Waals surface area contributed by atoms with Crippen molar-refractivity contribution >= 4 is 39.2 Å². The topological polar surface area (TPSA) is 113 Å². The molecule has 0 aliphatic carbocycles. The number of rotatable bonds is 4. The van der Waals surface area contributed by atoms with Gasteiger partial charge in [0.15, 0.2) is 0 Å². The van der Waals surface area contributed by atoms with Gasteiger partial charge in [0.05, 0.1) is 21.7 Å². The van der Waals surface area contributed by atoms with Crippen molar-refractivity contribution in [3.05, 3.63) is 90.0 Å². The zero-order valence-electron chi connectivity index (χ0n) is 15.4. The van der Waals surface area contributed by atoms with Crippen LogP contribution in [-0.4, -0.2) is 26.3 Å². The molecule has 0 unspecified atom stereocenters. The minimum Gasteiger partial charge on any atom is -0.307 e. The standard InChI is InChI=1S/C21H15N3O5S/c25-19-17-8-4-5-9-18(17)20(26)24(19)15-10-12-16(13-11-15)30(28,29)23-21(27)22-14-6-2-1-3-7-14/h1-13H,(H2,22,23,27). The Bertz CT molecular complexity index is 1220. The number of hydrogen-bond acceptors (Lipinski definition) is 5. The normalized spacial score (nSPS) is 13.1. The highest BCUT2D eigenvalue weighted by Gasteiger charge is 2.36. The Hall–Kier alpha value is -3.98. The maximum absolute atomic E-state index is 12.5. The minimum atomic E-state index is -4.15. The third kappa shape index (κ3) is 3.53. The molecule has 0 atom stereocenters. The Morgan fingerprint density at radius 2 is 1.27 bits per heavy atom. The number of carbonyl (C=O) groups excluding carboxylic acids is 3. The van der Waals surface area contributed by atoms with E-state index in [0.29, 0.717) is 16.8 Å². The second kappa shape index (κ2) is 7.45. The summed E-state index contributed by atoms with van der Waals surface area (Å²) in [5.74, 6) is -0.960. The maximum atomic E-state index is 12.5. The fourth-order valence-corrected chi connectivity index (χ4v) is 3.96. The van der Waals surface area contributed by atoms with Crippen molar-refractivity contribution in [2.45, 2.75) is 4.90 Å². The summed E-state index contributed by atoms with van der Waals surface area (Å²) in [7, 11) is -4.15. The van der Waals surface area contributed by atoms with Crippen LogP contribution in [0.4, 0.5) is 16.2 Å². The number of benzene rings is 3. The minimum absolute atomic E-state index is 0.189. The third-order valence-electron chi connectivity index (χ3n) is 4.46. The van der Waals surface area contributed by atoms with E-state index in [1.807, 2.05) is 4.72 Å². The molecule has 4 amide bonds. The number of nitrogens with one attached hydrogen (secondary N) is 2. The van der Waals surface area contributed by atoms with E-state index in [1.165, 1.54) is 24.3 Å². The number of urea groups is 1. The predicted molar refractivity (Wildman–Crippen MR) is 110 cm³/mol. The Kier molecular flexibility index (Phi) is 4.80. The number of carbonyl (C=O) groups is 3. The molecule has 0 saturated heterocycles. The summed E-state index contributed by atoms with van der Waals surface area (Å²) in [6, 6.07) is 19.0. The zero-order valence-corrected chi connectivity index (χ0v) is 16.2. The summed E-state index contributed by atoms with van der Waals surface area (Å²) in [5.41, 5.74) is 1.25. The average molecular weight is 421 g/mol. The summed E-state index contributed by atoms with van der Waals surface area (Å²) in [4.78, 5) is 37.8. The van der Waals surface area contributed by atoms with Crippen LogP contribution in [0.2, 0.25) is 0 Å². The number of para-hydroxylation sites is 1. The SMILES string of the molecule is O=C(Nc1ccccc1)NS(=O)(=O)c1ccc(N2C(=O)c3ccccc3C2=O)cc1. The first-order chi connectivity index (χ1) is 14.4. The number of anilines is 2. The molecule has 0 bridgehead atoms. The number of amides is 4. The highest BCUT2D eigenvalue weighted by atomic mass is 32.2. The molecule has 1 aliphatic heterocycles. The lowest BCUT2D eigenvalue weighted by Crippen LogP contribution is -2.34. The zero-order chi connectivity index (χ0) is 21.3. The van der Waals surface area contributed by atoms with Gasteiger partial charge in [-0.3, -0.25) is 9.59 Å². The highest BCUT2D eigenvalue weighted by molar-refractivity contribution is 7.90. The van der Waals surface area contributed by atoms with Crippen LogP contribution in [-0.2, 0) is 10.0 Å². The van der Waals surface area contributed by atoms with E-state index >= 15 is 0 Å². The smallest absolute Gasteiger partial charge is 0.307 e. The summed E-state index contributed by atoms with van der Waals surface area (Å²) >= 11 is 0. The predicted octanol–water partition coefficient (Wildman–Crippen LogP) is 3.00. The van der Waals surface area contributed by atoms with Crippen LogP contribution in [0.3, 0.4) is 0 Å². The molecule has 9 heteroatoms. The van der Waals surface area contributed by atoms with Gasteiger partial charge in [0.1, 0.15) is 0 Å². The summed E-state index contributed by atoms with van der Waals surface area (Å²) in [5, 5.41) is 2.42. The fraction of sp³-hybridized carbons (Fsp3) is 0. The van der Waals surface area contributed by atoms with Crippen molar-refractivity contribution in [3.63, 3.8) is 0 Å². The quantitative estimate of drug-likeness (QED) is 0.629. The first-order valence-corrected chi connectivity index (χ1v) is 10.3. The van der Waals surface area contributed by atoms with Crippen LogP contribution in [0.1, 0.15) is 20.7 Å². The van der Waals surface area contributed by atoms with Gasteiger partial charge in [0.2, 0.25) is 0 Å². The monoisotopic (exact) mass is 421 g/mol. The summed E-state index contributed by atoms with van der Waals surface area (Å²) in [6.07, 6.45) is 0. The molecule has 0 aromatic heterocycles. The molecule has 4 rings (SSSR count). The lowest BCUT2D eigenvalue weighted by Gasteiger charge is -2.14. The fourth-order valence-electron chi connectivity index (χ4n) is 3.06. The molecular weight excluding hydrogens is 406 g/mol. The van der Waals surface area contributed by atoms with Crippen LogP contribution >= 0.6 is 0 Å². The van der Waals surface area contributed by atoms with Crippen molar-refractivity contribution in [3.8, 4) is 0 Å². The lowest BCUT2D eigenvalue weighted by molar-refractivity contribution is 0.0926. The number of sulfonamides is 1. The van der Waals surface area contributed by atoms with Gasteiger partial charge in [0.25, 0.3) is 21.8 Å². The Balaban J connectivity index is 1.51. The van der Waals surface area contributed by atoms with E-state index in [4.69, 9.17) is 0 Å². The van der Waals surface area contributed by atoms with Gasteiger partial charge < -0.3 is 5.32 Å². The lowest BCUT2D eigenvalue weighted by atomic mass is 10.1. The number of nitrogens with zero attached hydrogens (tertiary/aromatic N) is 1. The molecule has 3 aromatic rings. The van der Waals surface area contributed by atoms with Crippen LogP contribution in [0.25, 0.3) is 0 Å². The summed E-state index contributed by atoms with van der Waals surface area (Å²) in [6.45, 7) is 0. The number of imide groups is 1. The molecule has 0 saturated carbocycles. The van der Waals surface area contributed by atoms with E-state index in [2.05, 4.69) is 5.32 Å². The average Bonchev–Trinajstić information content (AvgIpc) is 2.99. The second-order valence-corrected chi connectivity index (χ2v) is 8.09. The molecule has 0 spiro atoms. The Morgan fingerprint density at radius 3 is 1.83 bits per heavy atom. The van der Waals surface area contributed by atoms with Gasteiger partial charge in [0, 0.05) is 5.69 Å². The van der Waals surface area contributed by atoms with Crippen molar-refractivity contribution < 1.29 is 22.8 Å². The first-order valence-electron chi connectivity index (χ1n) is 8.83. The Labute approximate surface area is 172 Å². The van der Waals surface area contributed by atoms with Crippen LogP contribution < -0.4 is 14.9 Å². The largest absolute Gasteiger partial charge is 0.333 e. The van der Waals surface area contributed by atoms with Crippen LogP contribution in [0, 0.1) is 0 Å². The van der Waals surface area contributed by atoms with Crippen LogP contribution in [0.5, 0.6) is 0 Å². The Morgan fingerprint density at radius 1 is 0.733 bits per heavy atom. The van der Waals surface area contributed by atoms with Gasteiger partial charge in [-0.25, -0.2) is 22.8 Å². The van der Waals surface area contributed by atoms with E-state index < -0.39 is 27.9 Å². The molecule has 1 aliphatic rings. The van der Waals surface area contributed by atoms with Crippen LogP contribution in [0.15, 0.2) is 83.8 Å². The number of fused-ring (bicyclic) bond motifs is 1. The van der Waals surface area contributed by atoms with Crippen molar-refractivity contribution in [2.24, 2.45) is 0 Å². The molecule has 150 valence electrons. The molecular formula is C21H15N3O5S. The molecule has 0 radical (unpaired) electrons. The van der Waals surface area contributed by atoms with Crippen molar-refractivity contribution in [2.75, 3.05) is 10.2 Å². The second-order valence-electron chi connectivity index (χ2n) is 6.41. The van der Waals surface area contributed by atoms with E-state index in [0.717, 1.165) is 4.90 Å². The van der Waals surface area contributed by atoms with Gasteiger partial charge in [-0.15, -0.1) is 0 Å². The van der Waals surface area contributed by atoms with E-state index in [9.17, 15) is 22.8 Å². The van der Waals surface area contributed by atoms with Crippen molar-refractivity contribution in [1.29, 1.82) is 0 Å². The molecule has 2 N–H and O–H groups in total. The molecule has 3 aromatic carbocycles. The first kappa shape index (κ1) is 19.3. The summed E-state index contributed by atoms with van der Waals surface area (Å²) < 4.78 is 26.8. The maximum Gasteiger partial charge on any atom is 0.333 e. The van der Waals surface area contributed by atoms with E-state index in [-0.39, 0.29) is 10.6 Å². The van der Waals surface area contributed by atoms with Gasteiger partial charge >= 0.3 is 6.03 Å². The van der Waals surface area contributed by atoms with Crippen molar-refractivity contribution in [1.82, 2.24) is 4.72 Å². The van der Waals surface area contributed by atoms with Gasteiger partial charge in [-0.2, -0.15) is 0 Å². The van der Waals surface area contributed by atoms with Gasteiger partial charge in [-0.05, 0) is 48.5 Å². The van der Waals surface area contributed by atoms with E-state index in [1.54, 1.807) is 54.6 Å². The third-order valence-corrected chi connectivity index (χ3v) is 5.80. The molecule has 0 fully saturated rings. The number of hydrogen-bond donors (Lipinski definition) is 2. The molecule has 30 heavy (non-hydrogen) atoms. The molecule has 1 heterocycles.